The van der Waals surface area contributed by atoms with Crippen LogP contribution in [0.5, 0.6) is 0 Å². The fraction of sp³-hybridized carbons (Fsp3) is 0.917. The van der Waals surface area contributed by atoms with Gasteiger partial charge in [0.2, 0.25) is 0 Å². The number of carbonyl (C=O) groups is 1. The van der Waals surface area contributed by atoms with E-state index in [1.54, 1.807) is 0 Å². The molecule has 0 fully saturated rings. The van der Waals surface area contributed by atoms with Crippen LogP contribution >= 0.6 is 11.8 Å². The van der Waals surface area contributed by atoms with Gasteiger partial charge in [0.15, 0.2) is 0 Å². The Morgan fingerprint density at radius 1 is 1.00 bits per heavy atom. The molecule has 0 aromatic heterocycles. The van der Waals surface area contributed by atoms with E-state index in [0.29, 0.717) is 17.0 Å². The Balaban J connectivity index is 3.60. The molecule has 0 aliphatic heterocycles. The first kappa shape index (κ1) is 14.0. The Kier molecular flexibility index (Phi) is 7.34. The van der Waals surface area contributed by atoms with Crippen LogP contribution in [0, 0.1) is 11.8 Å². The molecular formula is C12H24OS. The van der Waals surface area contributed by atoms with Crippen molar-refractivity contribution in [1.82, 2.24) is 0 Å². The fourth-order valence-corrected chi connectivity index (χ4v) is 2.29. The van der Waals surface area contributed by atoms with Crippen LogP contribution in [0.4, 0.5) is 0 Å². The molecule has 84 valence electrons. The molecule has 0 saturated heterocycles. The number of rotatable bonds is 7. The third kappa shape index (κ3) is 8.61. The van der Waals surface area contributed by atoms with E-state index in [1.807, 2.05) is 11.8 Å². The van der Waals surface area contributed by atoms with E-state index < -0.39 is 0 Å². The molecule has 0 aliphatic carbocycles. The Hall–Kier alpha value is 0.0200. The summed E-state index contributed by atoms with van der Waals surface area (Å²) in [5.74, 6) is 2.81. The lowest BCUT2D eigenvalue weighted by Gasteiger charge is -2.12. The van der Waals surface area contributed by atoms with Gasteiger partial charge < -0.3 is 0 Å². The van der Waals surface area contributed by atoms with Crippen LogP contribution in [-0.4, -0.2) is 16.8 Å². The quantitative estimate of drug-likeness (QED) is 0.644. The zero-order valence-corrected chi connectivity index (χ0v) is 11.0. The lowest BCUT2D eigenvalue weighted by Crippen LogP contribution is -2.10. The first-order chi connectivity index (χ1) is 6.41. The zero-order valence-electron chi connectivity index (χ0n) is 10.2. The molecule has 0 N–H and O–H groups in total. The average molecular weight is 216 g/mol. The van der Waals surface area contributed by atoms with Gasteiger partial charge in [-0.1, -0.05) is 34.6 Å². The summed E-state index contributed by atoms with van der Waals surface area (Å²) in [6, 6.07) is 0. The Morgan fingerprint density at radius 3 is 2.00 bits per heavy atom. The summed E-state index contributed by atoms with van der Waals surface area (Å²) in [5.41, 5.74) is 0. The molecule has 1 unspecified atom stereocenters. The number of ketones is 1. The lowest BCUT2D eigenvalue weighted by molar-refractivity contribution is -0.119. The van der Waals surface area contributed by atoms with Gasteiger partial charge in [-0.2, -0.15) is 11.8 Å². The minimum atomic E-state index is 0.420. The maximum Gasteiger partial charge on any atom is 0.134 e. The van der Waals surface area contributed by atoms with E-state index in [0.717, 1.165) is 24.5 Å². The van der Waals surface area contributed by atoms with Gasteiger partial charge in [-0.25, -0.2) is 0 Å². The Labute approximate surface area is 93.0 Å². The molecule has 0 amide bonds. The highest BCUT2D eigenvalue weighted by Gasteiger charge is 2.11. The molecule has 14 heavy (non-hydrogen) atoms. The predicted molar refractivity (Wildman–Crippen MR) is 65.8 cm³/mol. The van der Waals surface area contributed by atoms with E-state index >= 15 is 0 Å². The van der Waals surface area contributed by atoms with Crippen LogP contribution in [0.15, 0.2) is 0 Å². The molecule has 2 heteroatoms. The van der Waals surface area contributed by atoms with E-state index in [4.69, 9.17) is 0 Å². The minimum absolute atomic E-state index is 0.420. The first-order valence-corrected chi connectivity index (χ1v) is 6.60. The maximum absolute atomic E-state index is 11.5. The predicted octanol–water partition coefficient (Wildman–Crippen LogP) is 3.77. The third-order valence-corrected chi connectivity index (χ3v) is 3.46. The summed E-state index contributed by atoms with van der Waals surface area (Å²) in [6.07, 6.45) is 1.49. The molecule has 1 nitrogen and oxygen atoms in total. The second kappa shape index (κ2) is 7.33. The van der Waals surface area contributed by atoms with Crippen molar-refractivity contribution in [3.05, 3.63) is 0 Å². The monoisotopic (exact) mass is 216 g/mol. The molecule has 0 spiro atoms. The molecule has 0 aromatic rings. The van der Waals surface area contributed by atoms with Crippen molar-refractivity contribution >= 4 is 17.5 Å². The Bertz CT molecular complexity index is 164. The fourth-order valence-electron chi connectivity index (χ4n) is 1.27. The maximum atomic E-state index is 11.5. The van der Waals surface area contributed by atoms with Crippen molar-refractivity contribution in [3.8, 4) is 0 Å². The molecule has 0 rings (SSSR count). The van der Waals surface area contributed by atoms with Gasteiger partial charge >= 0.3 is 0 Å². The third-order valence-electron chi connectivity index (χ3n) is 1.87. The molecule has 0 heterocycles. The number of hydrogen-bond donors (Lipinski definition) is 0. The summed E-state index contributed by atoms with van der Waals surface area (Å²) >= 11 is 1.92. The van der Waals surface area contributed by atoms with E-state index in [1.165, 1.54) is 0 Å². The highest BCUT2D eigenvalue weighted by Crippen LogP contribution is 2.19. The molecular weight excluding hydrogens is 192 g/mol. The van der Waals surface area contributed by atoms with Gasteiger partial charge in [0.05, 0.1) is 0 Å². The van der Waals surface area contributed by atoms with Gasteiger partial charge in [0.25, 0.3) is 0 Å². The molecule has 0 bridgehead atoms. The van der Waals surface area contributed by atoms with Crippen molar-refractivity contribution in [1.29, 1.82) is 0 Å². The van der Waals surface area contributed by atoms with Gasteiger partial charge in [-0.05, 0) is 17.6 Å². The van der Waals surface area contributed by atoms with Crippen LogP contribution < -0.4 is 0 Å². The van der Waals surface area contributed by atoms with Crippen molar-refractivity contribution in [2.75, 3.05) is 5.75 Å². The summed E-state index contributed by atoms with van der Waals surface area (Å²) in [7, 11) is 0. The second-order valence-electron chi connectivity index (χ2n) is 4.88. The van der Waals surface area contributed by atoms with Gasteiger partial charge in [0.1, 0.15) is 5.78 Å². The zero-order chi connectivity index (χ0) is 11.1. The van der Waals surface area contributed by atoms with E-state index in [-0.39, 0.29) is 0 Å². The van der Waals surface area contributed by atoms with Crippen LogP contribution in [-0.2, 0) is 4.79 Å². The van der Waals surface area contributed by atoms with Gasteiger partial charge in [-0.3, -0.25) is 4.79 Å². The topological polar surface area (TPSA) is 17.1 Å². The normalized spacial score (nSPS) is 13.6. The van der Waals surface area contributed by atoms with E-state index in [2.05, 4.69) is 34.6 Å². The van der Waals surface area contributed by atoms with Crippen molar-refractivity contribution in [3.63, 3.8) is 0 Å². The molecule has 0 radical (unpaired) electrons. The van der Waals surface area contributed by atoms with Crippen LogP contribution in [0.25, 0.3) is 0 Å². The standard InChI is InChI=1S/C12H24OS/c1-9(2)6-12(13)7-11(5)14-8-10(3)4/h9-11H,6-8H2,1-5H3. The van der Waals surface area contributed by atoms with Crippen molar-refractivity contribution < 1.29 is 4.79 Å². The van der Waals surface area contributed by atoms with Crippen LogP contribution in [0.3, 0.4) is 0 Å². The van der Waals surface area contributed by atoms with Crippen LogP contribution in [0.2, 0.25) is 0 Å². The molecule has 1 atom stereocenters. The highest BCUT2D eigenvalue weighted by atomic mass is 32.2. The SMILES string of the molecule is CC(C)CSC(C)CC(=O)CC(C)C. The minimum Gasteiger partial charge on any atom is -0.300 e. The number of Topliss-reactive ketones (excluding diaryl/α,β-unsaturated/α-hetero) is 1. The first-order valence-electron chi connectivity index (χ1n) is 5.55. The highest BCUT2D eigenvalue weighted by molar-refractivity contribution is 7.99. The number of hydrogen-bond acceptors (Lipinski definition) is 2. The molecule has 0 saturated carbocycles. The number of thioether (sulfide) groups is 1. The van der Waals surface area contributed by atoms with Crippen LogP contribution in [0.1, 0.15) is 47.5 Å². The summed E-state index contributed by atoms with van der Waals surface area (Å²) in [5, 5.41) is 0.489. The molecule has 0 aliphatic rings. The van der Waals surface area contributed by atoms with Crippen molar-refractivity contribution in [2.24, 2.45) is 11.8 Å². The smallest absolute Gasteiger partial charge is 0.134 e. The average Bonchev–Trinajstić information content (AvgIpc) is 1.98. The summed E-state index contributed by atoms with van der Waals surface area (Å²) in [6.45, 7) is 10.8. The summed E-state index contributed by atoms with van der Waals surface area (Å²) in [4.78, 5) is 11.5. The van der Waals surface area contributed by atoms with Crippen molar-refractivity contribution in [2.45, 2.75) is 52.7 Å². The second-order valence-corrected chi connectivity index (χ2v) is 6.35. The van der Waals surface area contributed by atoms with E-state index in [9.17, 15) is 4.79 Å². The Morgan fingerprint density at radius 2 is 1.57 bits per heavy atom. The largest absolute Gasteiger partial charge is 0.300 e. The van der Waals surface area contributed by atoms with Gasteiger partial charge in [-0.15, -0.1) is 0 Å². The summed E-state index contributed by atoms with van der Waals surface area (Å²) < 4.78 is 0. The number of carbonyl (C=O) groups excluding carboxylic acids is 1. The lowest BCUT2D eigenvalue weighted by atomic mass is 10.0. The molecule has 0 aromatic carbocycles. The van der Waals surface area contributed by atoms with Gasteiger partial charge in [0, 0.05) is 18.1 Å².